The number of carbonyl (C=O) groups excluding carboxylic acids is 1. The molecule has 5 nitrogen and oxygen atoms in total. The van der Waals surface area contributed by atoms with Crippen molar-refractivity contribution in [3.05, 3.63) is 86.8 Å². The van der Waals surface area contributed by atoms with E-state index in [1.807, 2.05) is 55.5 Å². The fourth-order valence-electron chi connectivity index (χ4n) is 3.96. The Balaban J connectivity index is 1.84. The number of anilines is 1. The summed E-state index contributed by atoms with van der Waals surface area (Å²) in [5.41, 5.74) is 14.6. The number of carbonyl (C=O) groups is 1. The molecule has 0 bridgehead atoms. The predicted molar refractivity (Wildman–Crippen MR) is 116 cm³/mol. The Bertz CT molecular complexity index is 1060. The minimum atomic E-state index is -0.438. The highest BCUT2D eigenvalue weighted by atomic mass is 79.9. The standard InChI is InChI=1S/C23H21BrN4O/c1-14-5-11-17(12-6-14)27-28-19-3-2-4-20(29)22(19)21(18(13-25)23(28)26)15-7-9-16(24)10-8-15/h5-12,21,27H,2-4,26H2,1H3. The number of hydrogen-bond donors (Lipinski definition) is 2. The third-order valence-electron chi connectivity index (χ3n) is 5.41. The van der Waals surface area contributed by atoms with Crippen LogP contribution in [0.2, 0.25) is 0 Å². The van der Waals surface area contributed by atoms with Crippen molar-refractivity contribution >= 4 is 27.4 Å². The summed E-state index contributed by atoms with van der Waals surface area (Å²) >= 11 is 3.45. The maximum atomic E-state index is 13.0. The molecule has 1 atom stereocenters. The van der Waals surface area contributed by atoms with Crippen LogP contribution in [-0.4, -0.2) is 10.8 Å². The number of nitrogens with one attached hydrogen (secondary N) is 1. The number of benzene rings is 2. The van der Waals surface area contributed by atoms with Crippen molar-refractivity contribution < 1.29 is 4.79 Å². The Morgan fingerprint density at radius 3 is 2.48 bits per heavy atom. The SMILES string of the molecule is Cc1ccc(NN2C(N)=C(C#N)C(c3ccc(Br)cc3)C3=C2CCCC3=O)cc1. The molecule has 1 aliphatic carbocycles. The van der Waals surface area contributed by atoms with Crippen molar-refractivity contribution in [2.45, 2.75) is 32.1 Å². The zero-order valence-corrected chi connectivity index (χ0v) is 17.7. The quantitative estimate of drug-likeness (QED) is 0.698. The van der Waals surface area contributed by atoms with E-state index in [1.54, 1.807) is 5.01 Å². The molecule has 0 radical (unpaired) electrons. The Kier molecular flexibility index (Phi) is 5.16. The maximum Gasteiger partial charge on any atom is 0.161 e. The molecule has 1 aliphatic heterocycles. The van der Waals surface area contributed by atoms with Crippen LogP contribution in [0.3, 0.4) is 0 Å². The number of ketones is 1. The van der Waals surface area contributed by atoms with Crippen LogP contribution in [0.5, 0.6) is 0 Å². The molecule has 2 aromatic carbocycles. The van der Waals surface area contributed by atoms with Crippen molar-refractivity contribution in [1.82, 2.24) is 5.01 Å². The summed E-state index contributed by atoms with van der Waals surface area (Å²) in [5, 5.41) is 11.7. The van der Waals surface area contributed by atoms with E-state index in [-0.39, 0.29) is 5.78 Å². The number of rotatable bonds is 3. The van der Waals surface area contributed by atoms with Crippen LogP contribution in [0.4, 0.5) is 5.69 Å². The van der Waals surface area contributed by atoms with Gasteiger partial charge in [-0.2, -0.15) is 5.26 Å². The summed E-state index contributed by atoms with van der Waals surface area (Å²) < 4.78 is 0.944. The van der Waals surface area contributed by atoms with E-state index in [2.05, 4.69) is 27.4 Å². The number of hydrazine groups is 1. The van der Waals surface area contributed by atoms with Crippen LogP contribution in [-0.2, 0) is 4.79 Å². The highest BCUT2D eigenvalue weighted by Gasteiger charge is 2.40. The van der Waals surface area contributed by atoms with Gasteiger partial charge < -0.3 is 5.73 Å². The zero-order valence-electron chi connectivity index (χ0n) is 16.1. The molecule has 6 heteroatoms. The number of nitriles is 1. The van der Waals surface area contributed by atoms with Crippen molar-refractivity contribution in [2.24, 2.45) is 5.73 Å². The molecule has 0 saturated carbocycles. The second-order valence-electron chi connectivity index (χ2n) is 7.35. The van der Waals surface area contributed by atoms with Gasteiger partial charge in [0.25, 0.3) is 0 Å². The van der Waals surface area contributed by atoms with Crippen LogP contribution in [0.15, 0.2) is 75.7 Å². The average Bonchev–Trinajstić information content (AvgIpc) is 2.72. The van der Waals surface area contributed by atoms with Crippen molar-refractivity contribution in [1.29, 1.82) is 5.26 Å². The lowest BCUT2D eigenvalue weighted by Gasteiger charge is -2.39. The molecule has 2 aliphatic rings. The van der Waals surface area contributed by atoms with Gasteiger partial charge in [-0.3, -0.25) is 10.2 Å². The van der Waals surface area contributed by atoms with E-state index >= 15 is 0 Å². The van der Waals surface area contributed by atoms with E-state index in [1.165, 1.54) is 0 Å². The minimum Gasteiger partial charge on any atom is -0.383 e. The van der Waals surface area contributed by atoms with Crippen LogP contribution in [0, 0.1) is 18.3 Å². The molecule has 0 saturated heterocycles. The van der Waals surface area contributed by atoms with E-state index < -0.39 is 5.92 Å². The number of Topliss-reactive ketones (excluding diaryl/α,β-unsaturated/α-hetero) is 1. The van der Waals surface area contributed by atoms with Gasteiger partial charge in [0.05, 0.1) is 23.2 Å². The Morgan fingerprint density at radius 1 is 1.14 bits per heavy atom. The average molecular weight is 449 g/mol. The lowest BCUT2D eigenvalue weighted by molar-refractivity contribution is -0.116. The molecule has 2 aromatic rings. The Hall–Kier alpha value is -3.04. The number of hydrogen-bond acceptors (Lipinski definition) is 5. The van der Waals surface area contributed by atoms with E-state index in [4.69, 9.17) is 5.73 Å². The highest BCUT2D eigenvalue weighted by molar-refractivity contribution is 9.10. The summed E-state index contributed by atoms with van der Waals surface area (Å²) in [6.07, 6.45) is 1.99. The van der Waals surface area contributed by atoms with Gasteiger partial charge in [-0.25, -0.2) is 5.01 Å². The highest BCUT2D eigenvalue weighted by Crippen LogP contribution is 2.44. The van der Waals surface area contributed by atoms with Crippen molar-refractivity contribution in [3.8, 4) is 6.07 Å². The smallest absolute Gasteiger partial charge is 0.161 e. The van der Waals surface area contributed by atoms with Gasteiger partial charge in [0.15, 0.2) is 5.78 Å². The first-order valence-electron chi connectivity index (χ1n) is 9.54. The summed E-state index contributed by atoms with van der Waals surface area (Å²) in [4.78, 5) is 13.0. The second-order valence-corrected chi connectivity index (χ2v) is 8.26. The van der Waals surface area contributed by atoms with Gasteiger partial charge in [-0.05, 0) is 49.6 Å². The second kappa shape index (κ2) is 7.76. The third kappa shape index (κ3) is 3.54. The summed E-state index contributed by atoms with van der Waals surface area (Å²) in [6.45, 7) is 2.02. The first kappa shape index (κ1) is 19.3. The Labute approximate surface area is 178 Å². The van der Waals surface area contributed by atoms with Gasteiger partial charge in [0.1, 0.15) is 5.82 Å². The van der Waals surface area contributed by atoms with Gasteiger partial charge in [-0.1, -0.05) is 45.8 Å². The number of allylic oxidation sites excluding steroid dienone is 3. The number of halogens is 1. The first-order chi connectivity index (χ1) is 14.0. The zero-order chi connectivity index (χ0) is 20.5. The number of nitrogens with zero attached hydrogens (tertiary/aromatic N) is 2. The lowest BCUT2D eigenvalue weighted by atomic mass is 9.76. The van der Waals surface area contributed by atoms with E-state index in [9.17, 15) is 10.1 Å². The van der Waals surface area contributed by atoms with Gasteiger partial charge in [-0.15, -0.1) is 0 Å². The number of aryl methyl sites for hydroxylation is 1. The fraction of sp³-hybridized carbons (Fsp3) is 0.217. The first-order valence-corrected chi connectivity index (χ1v) is 10.3. The van der Waals surface area contributed by atoms with Gasteiger partial charge in [0.2, 0.25) is 0 Å². The molecular weight excluding hydrogens is 428 g/mol. The van der Waals surface area contributed by atoms with Gasteiger partial charge >= 0.3 is 0 Å². The molecule has 1 heterocycles. The molecule has 0 aromatic heterocycles. The molecule has 0 amide bonds. The molecular formula is C23H21BrN4O. The molecule has 29 heavy (non-hydrogen) atoms. The fourth-order valence-corrected chi connectivity index (χ4v) is 4.22. The third-order valence-corrected chi connectivity index (χ3v) is 5.94. The molecule has 0 spiro atoms. The van der Waals surface area contributed by atoms with Gasteiger partial charge in [0, 0.05) is 22.2 Å². The van der Waals surface area contributed by atoms with Crippen molar-refractivity contribution in [3.63, 3.8) is 0 Å². The molecule has 0 fully saturated rings. The van der Waals surface area contributed by atoms with Crippen LogP contribution < -0.4 is 11.2 Å². The topological polar surface area (TPSA) is 82.2 Å². The van der Waals surface area contributed by atoms with Crippen LogP contribution in [0.1, 0.15) is 36.3 Å². The molecule has 1 unspecified atom stereocenters. The van der Waals surface area contributed by atoms with Crippen molar-refractivity contribution in [2.75, 3.05) is 5.43 Å². The Morgan fingerprint density at radius 2 is 1.83 bits per heavy atom. The largest absolute Gasteiger partial charge is 0.383 e. The molecule has 146 valence electrons. The lowest BCUT2D eigenvalue weighted by Crippen LogP contribution is -2.41. The number of nitrogens with two attached hydrogens (primary N) is 1. The summed E-state index contributed by atoms with van der Waals surface area (Å²) in [7, 11) is 0. The van der Waals surface area contributed by atoms with E-state index in [0.29, 0.717) is 23.4 Å². The summed E-state index contributed by atoms with van der Waals surface area (Å²) in [5.74, 6) is -0.0171. The molecule has 3 N–H and O–H groups in total. The maximum absolute atomic E-state index is 13.0. The van der Waals surface area contributed by atoms with Crippen LogP contribution >= 0.6 is 15.9 Å². The van der Waals surface area contributed by atoms with Crippen LogP contribution in [0.25, 0.3) is 0 Å². The monoisotopic (exact) mass is 448 g/mol. The summed E-state index contributed by atoms with van der Waals surface area (Å²) in [6, 6.07) is 17.9. The van der Waals surface area contributed by atoms with E-state index in [0.717, 1.165) is 39.8 Å². The normalized spacial score (nSPS) is 19.1. The molecule has 4 rings (SSSR count). The predicted octanol–water partition coefficient (Wildman–Crippen LogP) is 4.88. The minimum absolute atomic E-state index is 0.0788.